The van der Waals surface area contributed by atoms with Crippen LogP contribution in [0.15, 0.2) is 28.0 Å². The second-order valence-corrected chi connectivity index (χ2v) is 12.6. The van der Waals surface area contributed by atoms with Crippen molar-refractivity contribution in [2.24, 2.45) is 9.85 Å². The number of rotatable bonds is 4. The molecular weight excluding hydrogens is 437 g/mol. The van der Waals surface area contributed by atoms with Crippen LogP contribution in [-0.4, -0.2) is 88.6 Å². The van der Waals surface area contributed by atoms with Crippen molar-refractivity contribution in [2.75, 3.05) is 52.6 Å². The number of phenolic OH excluding ortho intramolecular Hbond substituents is 2. The highest BCUT2D eigenvalue weighted by Gasteiger charge is 2.45. The van der Waals surface area contributed by atoms with Crippen LogP contribution in [0.4, 0.5) is 0 Å². The van der Waals surface area contributed by atoms with Crippen molar-refractivity contribution in [2.45, 2.75) is 25.9 Å². The van der Waals surface area contributed by atoms with E-state index >= 15 is 0 Å². The lowest BCUT2D eigenvalue weighted by atomic mass is 10.2. The highest BCUT2D eigenvalue weighted by Crippen LogP contribution is 2.66. The van der Waals surface area contributed by atoms with Crippen LogP contribution < -0.4 is 5.43 Å². The molecule has 0 aromatic heterocycles. The minimum Gasteiger partial charge on any atom is -0.504 e. The number of ether oxygens (including phenoxy) is 2. The zero-order valence-corrected chi connectivity index (χ0v) is 20.0. The van der Waals surface area contributed by atoms with Crippen LogP contribution in [-0.2, 0) is 9.47 Å². The summed E-state index contributed by atoms with van der Waals surface area (Å²) in [6.07, 6.45) is 1.41. The van der Waals surface area contributed by atoms with Crippen molar-refractivity contribution in [3.8, 4) is 11.5 Å². The molecule has 0 bridgehead atoms. The molecule has 0 radical (unpaired) electrons. The van der Waals surface area contributed by atoms with Crippen LogP contribution in [0.1, 0.15) is 26.3 Å². The third-order valence-electron chi connectivity index (χ3n) is 5.30. The molecule has 2 saturated heterocycles. The summed E-state index contributed by atoms with van der Waals surface area (Å²) < 4.78 is 21.3. The predicted molar refractivity (Wildman–Crippen MR) is 127 cm³/mol. The zero-order valence-electron chi connectivity index (χ0n) is 18.3. The first kappa shape index (κ1) is 24.1. The normalized spacial score (nSPS) is 19.5. The quantitative estimate of drug-likeness (QED) is 0.203. The van der Waals surface area contributed by atoms with Gasteiger partial charge in [0.2, 0.25) is 5.11 Å². The Morgan fingerprint density at radius 1 is 1.06 bits per heavy atom. The molecule has 0 spiro atoms. The first-order chi connectivity index (χ1) is 14.8. The molecule has 31 heavy (non-hydrogen) atoms. The van der Waals surface area contributed by atoms with Crippen LogP contribution in [0.5, 0.6) is 11.5 Å². The Labute approximate surface area is 189 Å². The summed E-state index contributed by atoms with van der Waals surface area (Å²) >= 11 is 5.59. The molecule has 0 unspecified atom stereocenters. The van der Waals surface area contributed by atoms with Gasteiger partial charge in [-0.25, -0.2) is 4.74 Å². The summed E-state index contributed by atoms with van der Waals surface area (Å²) in [5.74, 6) is -0.428. The molecule has 0 atom stereocenters. The largest absolute Gasteiger partial charge is 0.504 e. The Balaban J connectivity index is 1.92. The van der Waals surface area contributed by atoms with Gasteiger partial charge in [0.1, 0.15) is 7.36 Å². The topological polar surface area (TPSA) is 102 Å². The number of hydrogen-bond donors (Lipinski definition) is 3. The number of aromatic hydroxyl groups is 2. The van der Waals surface area contributed by atoms with E-state index in [1.165, 1.54) is 12.3 Å². The zero-order chi connectivity index (χ0) is 22.5. The summed E-state index contributed by atoms with van der Waals surface area (Å²) in [4.78, 5) is 0. The number of nitrogens with zero attached hydrogens (tertiary/aromatic N) is 4. The number of nitrogens with one attached hydrogen (secondary N) is 1. The van der Waals surface area contributed by atoms with Gasteiger partial charge in [0.05, 0.1) is 32.6 Å². The SMILES string of the molecule is CC(C)(C)P(=NC(=S)N/N=C/c1cccc(O)c1O)(N1CCOCC1)N1CCOCC1. The maximum atomic E-state index is 9.94. The molecule has 172 valence electrons. The lowest BCUT2D eigenvalue weighted by Gasteiger charge is -2.52. The molecular formula is C20H32N5O4PS. The second kappa shape index (κ2) is 10.4. The van der Waals surface area contributed by atoms with Crippen LogP contribution in [0.2, 0.25) is 0 Å². The van der Waals surface area contributed by atoms with Crippen LogP contribution in [0.3, 0.4) is 0 Å². The number of benzene rings is 1. The van der Waals surface area contributed by atoms with Crippen molar-refractivity contribution in [3.05, 3.63) is 23.8 Å². The summed E-state index contributed by atoms with van der Waals surface area (Å²) in [5, 5.41) is 23.9. The van der Waals surface area contributed by atoms with Crippen molar-refractivity contribution in [1.29, 1.82) is 0 Å². The highest BCUT2D eigenvalue weighted by atomic mass is 32.1. The predicted octanol–water partition coefficient (Wildman–Crippen LogP) is 2.80. The molecule has 2 aliphatic rings. The lowest BCUT2D eigenvalue weighted by Crippen LogP contribution is -2.48. The average Bonchev–Trinajstić information content (AvgIpc) is 2.75. The molecule has 9 nitrogen and oxygen atoms in total. The highest BCUT2D eigenvalue weighted by molar-refractivity contribution is 7.81. The molecule has 1 aromatic carbocycles. The Hall–Kier alpha value is -1.55. The summed E-state index contributed by atoms with van der Waals surface area (Å²) in [6.45, 7) is 12.5. The third-order valence-corrected chi connectivity index (χ3v) is 10.3. The lowest BCUT2D eigenvalue weighted by molar-refractivity contribution is 0.0551. The standard InChI is InChI=1S/C20H32N5O4PS/c1-20(2,3)30(24-7-11-28-12-8-24,25-9-13-29-14-10-25)23-19(31)22-21-15-16-5-4-6-17(26)18(16)27/h4-6,15,26-27H,7-14H2,1-3H3,(H,22,31)/b21-15+. The molecule has 2 fully saturated rings. The second-order valence-electron chi connectivity index (χ2n) is 8.36. The van der Waals surface area contributed by atoms with E-state index in [0.717, 1.165) is 26.2 Å². The summed E-state index contributed by atoms with van der Waals surface area (Å²) in [7, 11) is -2.25. The Bertz CT molecular complexity index is 840. The summed E-state index contributed by atoms with van der Waals surface area (Å²) in [5.41, 5.74) is 3.22. The van der Waals surface area contributed by atoms with Crippen LogP contribution >= 0.6 is 19.6 Å². The Kier molecular flexibility index (Phi) is 8.07. The van der Waals surface area contributed by atoms with Crippen LogP contribution in [0.25, 0.3) is 0 Å². The monoisotopic (exact) mass is 469 g/mol. The van der Waals surface area contributed by atoms with E-state index in [4.69, 9.17) is 26.4 Å². The number of phenols is 2. The first-order valence-corrected chi connectivity index (χ1v) is 12.4. The minimum atomic E-state index is -2.25. The van der Waals surface area contributed by atoms with Crippen molar-refractivity contribution in [1.82, 2.24) is 14.8 Å². The molecule has 0 aliphatic carbocycles. The van der Waals surface area contributed by atoms with E-state index < -0.39 is 7.36 Å². The van der Waals surface area contributed by atoms with E-state index in [2.05, 4.69) is 40.6 Å². The smallest absolute Gasteiger partial charge is 0.214 e. The number of morpholine rings is 2. The fraction of sp³-hybridized carbons (Fsp3) is 0.600. The van der Waals surface area contributed by atoms with Gasteiger partial charge >= 0.3 is 0 Å². The van der Waals surface area contributed by atoms with Gasteiger partial charge in [-0.3, -0.25) is 14.8 Å². The van der Waals surface area contributed by atoms with E-state index in [0.29, 0.717) is 32.0 Å². The molecule has 0 saturated carbocycles. The summed E-state index contributed by atoms with van der Waals surface area (Å²) in [6, 6.07) is 4.69. The number of hydrazone groups is 1. The first-order valence-electron chi connectivity index (χ1n) is 10.4. The van der Waals surface area contributed by atoms with Crippen molar-refractivity contribution >= 4 is 30.9 Å². The van der Waals surface area contributed by atoms with E-state index in [1.54, 1.807) is 12.1 Å². The molecule has 2 aliphatic heterocycles. The van der Waals surface area contributed by atoms with Crippen molar-refractivity contribution in [3.63, 3.8) is 0 Å². The van der Waals surface area contributed by atoms with Crippen molar-refractivity contribution < 1.29 is 19.7 Å². The third kappa shape index (κ3) is 5.45. The number of hydrogen-bond acceptors (Lipinski definition) is 6. The van der Waals surface area contributed by atoms with Gasteiger partial charge in [0.25, 0.3) is 0 Å². The van der Waals surface area contributed by atoms with Gasteiger partial charge < -0.3 is 19.7 Å². The average molecular weight is 470 g/mol. The van der Waals surface area contributed by atoms with E-state index in [1.807, 2.05) is 0 Å². The maximum absolute atomic E-state index is 9.94. The van der Waals surface area contributed by atoms with Gasteiger partial charge in [0.15, 0.2) is 11.5 Å². The fourth-order valence-electron chi connectivity index (χ4n) is 3.93. The molecule has 1 aromatic rings. The molecule has 0 amide bonds. The van der Waals surface area contributed by atoms with E-state index in [9.17, 15) is 10.2 Å². The molecule has 3 N–H and O–H groups in total. The van der Waals surface area contributed by atoms with Gasteiger partial charge in [-0.1, -0.05) is 26.8 Å². The fourth-order valence-corrected chi connectivity index (χ4v) is 8.67. The van der Waals surface area contributed by atoms with E-state index in [-0.39, 0.29) is 21.8 Å². The van der Waals surface area contributed by atoms with Gasteiger partial charge in [-0.15, -0.1) is 0 Å². The Morgan fingerprint density at radius 2 is 1.61 bits per heavy atom. The van der Waals surface area contributed by atoms with Gasteiger partial charge in [-0.05, 0) is 24.4 Å². The Morgan fingerprint density at radius 3 is 2.13 bits per heavy atom. The van der Waals surface area contributed by atoms with Gasteiger partial charge in [0, 0.05) is 36.9 Å². The van der Waals surface area contributed by atoms with Gasteiger partial charge in [-0.2, -0.15) is 5.10 Å². The number of para-hydroxylation sites is 1. The molecule has 2 heterocycles. The maximum Gasteiger partial charge on any atom is 0.214 e. The minimum absolute atomic E-state index is 0.152. The number of thiocarbonyl (C=S) groups is 1. The molecule has 3 rings (SSSR count). The molecule has 11 heteroatoms. The van der Waals surface area contributed by atoms with Crippen LogP contribution in [0, 0.1) is 0 Å².